The summed E-state index contributed by atoms with van der Waals surface area (Å²) in [6.07, 6.45) is 5.10. The van der Waals surface area contributed by atoms with E-state index in [0.29, 0.717) is 17.8 Å². The molecule has 1 aliphatic heterocycles. The zero-order valence-electron chi connectivity index (χ0n) is 14.8. The molecule has 4 rings (SSSR count). The molecule has 1 amide bonds. The van der Waals surface area contributed by atoms with E-state index in [1.165, 1.54) is 29.5 Å². The predicted molar refractivity (Wildman–Crippen MR) is 101 cm³/mol. The Morgan fingerprint density at radius 2 is 1.96 bits per heavy atom. The molecule has 0 saturated carbocycles. The van der Waals surface area contributed by atoms with Gasteiger partial charge in [0.15, 0.2) is 0 Å². The molecule has 7 nitrogen and oxygen atoms in total. The van der Waals surface area contributed by atoms with Crippen LogP contribution >= 0.6 is 0 Å². The summed E-state index contributed by atoms with van der Waals surface area (Å²) in [5.74, 6) is -0.0898. The second-order valence-corrected chi connectivity index (χ2v) is 6.64. The van der Waals surface area contributed by atoms with Crippen molar-refractivity contribution in [1.82, 2.24) is 9.78 Å². The lowest BCUT2D eigenvalue weighted by Crippen LogP contribution is -2.35. The topological polar surface area (TPSA) is 81.3 Å². The number of non-ortho nitro benzene ring substituents is 1. The standard InChI is InChI=1S/C20H18N4O3/c1-14-4-9-19-15(11-14)3-2-10-22(19)20(25)16-12-21-23(13-16)17-5-7-18(8-6-17)24(26)27/h4-9,11-13H,2-3,10H2,1H3. The number of amides is 1. The van der Waals surface area contributed by atoms with Crippen LogP contribution in [0.15, 0.2) is 54.9 Å². The van der Waals surface area contributed by atoms with Crippen molar-refractivity contribution in [2.45, 2.75) is 19.8 Å². The Hall–Kier alpha value is -3.48. The molecule has 0 fully saturated rings. The molecule has 2 heterocycles. The average molecular weight is 362 g/mol. The van der Waals surface area contributed by atoms with Crippen LogP contribution in [-0.2, 0) is 6.42 Å². The van der Waals surface area contributed by atoms with Crippen LogP contribution in [-0.4, -0.2) is 27.2 Å². The molecule has 0 bridgehead atoms. The summed E-state index contributed by atoms with van der Waals surface area (Å²) in [4.78, 5) is 25.1. The minimum atomic E-state index is -0.447. The lowest BCUT2D eigenvalue weighted by atomic mass is 9.99. The van der Waals surface area contributed by atoms with E-state index in [-0.39, 0.29) is 11.6 Å². The van der Waals surface area contributed by atoms with Crippen LogP contribution in [0.3, 0.4) is 0 Å². The van der Waals surface area contributed by atoms with E-state index in [1.54, 1.807) is 27.9 Å². The minimum Gasteiger partial charge on any atom is -0.308 e. The highest BCUT2D eigenvalue weighted by Gasteiger charge is 2.24. The molecule has 0 spiro atoms. The average Bonchev–Trinajstić information content (AvgIpc) is 3.17. The number of nitrogens with zero attached hydrogens (tertiary/aromatic N) is 4. The summed E-state index contributed by atoms with van der Waals surface area (Å²) in [6, 6.07) is 12.2. The fraction of sp³-hybridized carbons (Fsp3) is 0.200. The summed E-state index contributed by atoms with van der Waals surface area (Å²) in [7, 11) is 0. The van der Waals surface area contributed by atoms with Gasteiger partial charge >= 0.3 is 0 Å². The van der Waals surface area contributed by atoms with Crippen molar-refractivity contribution in [3.8, 4) is 5.69 Å². The number of hydrogen-bond acceptors (Lipinski definition) is 4. The normalized spacial score (nSPS) is 13.3. The molecule has 27 heavy (non-hydrogen) atoms. The van der Waals surface area contributed by atoms with E-state index >= 15 is 0 Å². The molecule has 136 valence electrons. The van der Waals surface area contributed by atoms with E-state index in [0.717, 1.165) is 18.5 Å². The maximum Gasteiger partial charge on any atom is 0.269 e. The summed E-state index contributed by atoms with van der Waals surface area (Å²) >= 11 is 0. The molecule has 0 unspecified atom stereocenters. The molecule has 0 N–H and O–H groups in total. The SMILES string of the molecule is Cc1ccc2c(c1)CCCN2C(=O)c1cnn(-c2ccc([N+](=O)[O-])cc2)c1. The van der Waals surface area contributed by atoms with Gasteiger partial charge in [0.25, 0.3) is 11.6 Å². The summed E-state index contributed by atoms with van der Waals surface area (Å²) in [5.41, 5.74) is 4.50. The monoisotopic (exact) mass is 362 g/mol. The van der Waals surface area contributed by atoms with E-state index in [2.05, 4.69) is 18.1 Å². The molecule has 0 aliphatic carbocycles. The molecule has 1 aromatic heterocycles. The summed E-state index contributed by atoms with van der Waals surface area (Å²) < 4.78 is 1.55. The summed E-state index contributed by atoms with van der Waals surface area (Å²) in [5, 5.41) is 15.0. The molecular formula is C20H18N4O3. The first-order valence-electron chi connectivity index (χ1n) is 8.74. The van der Waals surface area contributed by atoms with Gasteiger partial charge in [-0.1, -0.05) is 17.7 Å². The van der Waals surface area contributed by atoms with E-state index < -0.39 is 4.92 Å². The zero-order valence-corrected chi connectivity index (χ0v) is 14.8. The van der Waals surface area contributed by atoms with Gasteiger partial charge in [-0.25, -0.2) is 4.68 Å². The number of aromatic nitrogens is 2. The number of nitro benzene ring substituents is 1. The number of nitro groups is 1. The second-order valence-electron chi connectivity index (χ2n) is 6.64. The van der Waals surface area contributed by atoms with Gasteiger partial charge < -0.3 is 4.90 Å². The number of anilines is 1. The van der Waals surface area contributed by atoms with Crippen molar-refractivity contribution in [2.24, 2.45) is 0 Å². The summed E-state index contributed by atoms with van der Waals surface area (Å²) in [6.45, 7) is 2.73. The van der Waals surface area contributed by atoms with Crippen LogP contribution in [0.2, 0.25) is 0 Å². The van der Waals surface area contributed by atoms with Gasteiger partial charge in [0.2, 0.25) is 0 Å². The van der Waals surface area contributed by atoms with E-state index in [1.807, 2.05) is 12.1 Å². The molecule has 0 saturated heterocycles. The number of carbonyl (C=O) groups is 1. The Bertz CT molecular complexity index is 1020. The van der Waals surface area contributed by atoms with Crippen molar-refractivity contribution in [3.05, 3.63) is 81.7 Å². The molecule has 0 atom stereocenters. The Labute approximate surface area is 156 Å². The van der Waals surface area contributed by atoms with Gasteiger partial charge in [0.05, 0.1) is 22.4 Å². The van der Waals surface area contributed by atoms with Crippen LogP contribution in [0.25, 0.3) is 5.69 Å². The predicted octanol–water partition coefficient (Wildman–Crippen LogP) is 3.68. The van der Waals surface area contributed by atoms with Crippen molar-refractivity contribution in [3.63, 3.8) is 0 Å². The molecular weight excluding hydrogens is 344 g/mol. The number of rotatable bonds is 3. The molecule has 2 aromatic carbocycles. The van der Waals surface area contributed by atoms with Gasteiger partial charge in [0.1, 0.15) is 0 Å². The number of benzene rings is 2. The first-order chi connectivity index (χ1) is 13.0. The Morgan fingerprint density at radius 1 is 1.19 bits per heavy atom. The molecule has 0 radical (unpaired) electrons. The lowest BCUT2D eigenvalue weighted by molar-refractivity contribution is -0.384. The fourth-order valence-electron chi connectivity index (χ4n) is 3.39. The van der Waals surface area contributed by atoms with Crippen LogP contribution in [0.5, 0.6) is 0 Å². The molecule has 7 heteroatoms. The van der Waals surface area contributed by atoms with Gasteiger partial charge in [-0.15, -0.1) is 0 Å². The first kappa shape index (κ1) is 17.0. The van der Waals surface area contributed by atoms with Crippen LogP contribution in [0.1, 0.15) is 27.9 Å². The van der Waals surface area contributed by atoms with Gasteiger partial charge in [-0.3, -0.25) is 14.9 Å². The Kier molecular flexibility index (Phi) is 4.19. The van der Waals surface area contributed by atoms with Gasteiger partial charge in [-0.05, 0) is 43.5 Å². The zero-order chi connectivity index (χ0) is 19.0. The van der Waals surface area contributed by atoms with E-state index in [9.17, 15) is 14.9 Å². The first-order valence-corrected chi connectivity index (χ1v) is 8.74. The van der Waals surface area contributed by atoms with Crippen molar-refractivity contribution >= 4 is 17.3 Å². The third kappa shape index (κ3) is 3.19. The number of carbonyl (C=O) groups excluding carboxylic acids is 1. The van der Waals surface area contributed by atoms with Crippen LogP contribution in [0.4, 0.5) is 11.4 Å². The van der Waals surface area contributed by atoms with Crippen molar-refractivity contribution in [2.75, 3.05) is 11.4 Å². The maximum absolute atomic E-state index is 13.0. The molecule has 3 aromatic rings. The maximum atomic E-state index is 13.0. The number of fused-ring (bicyclic) bond motifs is 1. The Balaban J connectivity index is 1.60. The minimum absolute atomic E-state index is 0.0161. The third-order valence-electron chi connectivity index (χ3n) is 4.75. The smallest absolute Gasteiger partial charge is 0.269 e. The van der Waals surface area contributed by atoms with Gasteiger partial charge in [0, 0.05) is 30.6 Å². The lowest BCUT2D eigenvalue weighted by Gasteiger charge is -2.29. The third-order valence-corrected chi connectivity index (χ3v) is 4.75. The Morgan fingerprint density at radius 3 is 2.70 bits per heavy atom. The van der Waals surface area contributed by atoms with Crippen molar-refractivity contribution in [1.29, 1.82) is 0 Å². The highest BCUT2D eigenvalue weighted by molar-refractivity contribution is 6.06. The molecule has 1 aliphatic rings. The van der Waals surface area contributed by atoms with Gasteiger partial charge in [-0.2, -0.15) is 5.10 Å². The highest BCUT2D eigenvalue weighted by atomic mass is 16.6. The largest absolute Gasteiger partial charge is 0.308 e. The number of aryl methyl sites for hydroxylation is 2. The quantitative estimate of drug-likeness (QED) is 0.526. The number of hydrogen-bond donors (Lipinski definition) is 0. The highest BCUT2D eigenvalue weighted by Crippen LogP contribution is 2.29. The van der Waals surface area contributed by atoms with Crippen LogP contribution < -0.4 is 4.90 Å². The van der Waals surface area contributed by atoms with Crippen LogP contribution in [0, 0.1) is 17.0 Å². The second kappa shape index (κ2) is 6.68. The van der Waals surface area contributed by atoms with E-state index in [4.69, 9.17) is 0 Å². The fourth-order valence-corrected chi connectivity index (χ4v) is 3.39. The van der Waals surface area contributed by atoms with Crippen molar-refractivity contribution < 1.29 is 9.72 Å².